The van der Waals surface area contributed by atoms with Crippen molar-refractivity contribution in [1.29, 1.82) is 0 Å². The molecular formula is C18H18ClNO4S2. The number of rotatable bonds is 7. The van der Waals surface area contributed by atoms with Crippen molar-refractivity contribution < 1.29 is 17.9 Å². The molecule has 0 radical (unpaired) electrons. The van der Waals surface area contributed by atoms with Gasteiger partial charge < -0.3 is 4.74 Å². The van der Waals surface area contributed by atoms with Crippen molar-refractivity contribution in [2.45, 2.75) is 23.8 Å². The van der Waals surface area contributed by atoms with Crippen LogP contribution in [0.5, 0.6) is 0 Å². The molecule has 1 aromatic carbocycles. The molecule has 8 heteroatoms. The maximum Gasteiger partial charge on any atom is 0.240 e. The van der Waals surface area contributed by atoms with Crippen LogP contribution in [0.2, 0.25) is 4.34 Å². The normalized spacial score (nSPS) is 17.8. The second kappa shape index (κ2) is 8.45. The van der Waals surface area contributed by atoms with E-state index < -0.39 is 10.0 Å². The molecule has 1 N–H and O–H groups in total. The molecule has 0 unspecified atom stereocenters. The van der Waals surface area contributed by atoms with Crippen LogP contribution >= 0.6 is 22.9 Å². The van der Waals surface area contributed by atoms with Gasteiger partial charge in [-0.3, -0.25) is 4.79 Å². The maximum absolute atomic E-state index is 12.3. The van der Waals surface area contributed by atoms with E-state index in [0.29, 0.717) is 16.5 Å². The second-order valence-corrected chi connectivity index (χ2v) is 9.36. The maximum atomic E-state index is 12.3. The fourth-order valence-electron chi connectivity index (χ4n) is 2.56. The molecule has 1 fully saturated rings. The number of ether oxygens (including phenoxy) is 1. The van der Waals surface area contributed by atoms with Crippen LogP contribution in [0.15, 0.2) is 47.4 Å². The van der Waals surface area contributed by atoms with Crippen LogP contribution in [0, 0.1) is 0 Å². The van der Waals surface area contributed by atoms with Crippen LogP contribution in [-0.2, 0) is 14.8 Å². The van der Waals surface area contributed by atoms with Crippen LogP contribution in [0.25, 0.3) is 6.08 Å². The lowest BCUT2D eigenvalue weighted by Gasteiger charge is -2.11. The Morgan fingerprint density at radius 1 is 1.27 bits per heavy atom. The van der Waals surface area contributed by atoms with Gasteiger partial charge in [-0.1, -0.05) is 11.6 Å². The van der Waals surface area contributed by atoms with Crippen molar-refractivity contribution in [1.82, 2.24) is 4.72 Å². The van der Waals surface area contributed by atoms with E-state index in [1.807, 2.05) is 6.07 Å². The number of sulfonamides is 1. The molecule has 1 aliphatic heterocycles. The summed E-state index contributed by atoms with van der Waals surface area (Å²) >= 11 is 7.22. The summed E-state index contributed by atoms with van der Waals surface area (Å²) in [5.74, 6) is -0.203. The molecule has 2 heterocycles. The molecule has 1 atom stereocenters. The molecule has 26 heavy (non-hydrogen) atoms. The highest BCUT2D eigenvalue weighted by atomic mass is 35.5. The van der Waals surface area contributed by atoms with E-state index >= 15 is 0 Å². The lowest BCUT2D eigenvalue weighted by atomic mass is 10.1. The van der Waals surface area contributed by atoms with Gasteiger partial charge in [0.1, 0.15) is 0 Å². The lowest BCUT2D eigenvalue weighted by Crippen LogP contribution is -2.31. The van der Waals surface area contributed by atoms with E-state index in [0.717, 1.165) is 17.7 Å². The van der Waals surface area contributed by atoms with Gasteiger partial charge in [-0.15, -0.1) is 11.3 Å². The fourth-order valence-corrected chi connectivity index (χ4v) is 4.59. The minimum absolute atomic E-state index is 0.0680. The van der Waals surface area contributed by atoms with Crippen LogP contribution in [0.1, 0.15) is 28.1 Å². The predicted molar refractivity (Wildman–Crippen MR) is 103 cm³/mol. The summed E-state index contributed by atoms with van der Waals surface area (Å²) in [7, 11) is -3.62. The number of carbonyl (C=O) groups excluding carboxylic acids is 1. The Morgan fingerprint density at radius 2 is 2.04 bits per heavy atom. The molecule has 1 aromatic heterocycles. The highest BCUT2D eigenvalue weighted by molar-refractivity contribution is 7.89. The molecule has 0 bridgehead atoms. The number of hydrogen-bond donors (Lipinski definition) is 1. The van der Waals surface area contributed by atoms with Gasteiger partial charge in [0.2, 0.25) is 10.0 Å². The number of nitrogens with one attached hydrogen (secondary N) is 1. The van der Waals surface area contributed by atoms with Gasteiger partial charge in [0, 0.05) is 23.6 Å². The zero-order valence-corrected chi connectivity index (χ0v) is 16.2. The number of ketones is 1. The predicted octanol–water partition coefficient (Wildman–Crippen LogP) is 3.75. The first-order chi connectivity index (χ1) is 12.4. The number of hydrogen-bond acceptors (Lipinski definition) is 5. The monoisotopic (exact) mass is 411 g/mol. The minimum Gasteiger partial charge on any atom is -0.377 e. The molecular weight excluding hydrogens is 394 g/mol. The summed E-state index contributed by atoms with van der Waals surface area (Å²) in [6, 6.07) is 9.47. The molecule has 0 aliphatic carbocycles. The van der Waals surface area contributed by atoms with Crippen LogP contribution < -0.4 is 4.72 Å². The Balaban J connectivity index is 1.63. The van der Waals surface area contributed by atoms with E-state index in [1.54, 1.807) is 12.1 Å². The van der Waals surface area contributed by atoms with Gasteiger partial charge in [-0.25, -0.2) is 13.1 Å². The number of halogens is 1. The van der Waals surface area contributed by atoms with Crippen LogP contribution in [-0.4, -0.2) is 33.5 Å². The van der Waals surface area contributed by atoms with E-state index in [2.05, 4.69) is 4.72 Å². The molecule has 0 saturated carbocycles. The Morgan fingerprint density at radius 3 is 2.65 bits per heavy atom. The largest absolute Gasteiger partial charge is 0.377 e. The van der Waals surface area contributed by atoms with Crippen molar-refractivity contribution in [3.63, 3.8) is 0 Å². The number of carbonyl (C=O) groups is 1. The lowest BCUT2D eigenvalue weighted by molar-refractivity contribution is 0.104. The standard InChI is InChI=1S/C18H18ClNO4S2/c19-18-10-6-15(25-18)5-9-17(21)13-3-7-16(8-4-13)26(22,23)20-12-14-2-1-11-24-14/h3-10,14,20H,1-2,11-12H2/b9-5-/t14-/m1/s1. The number of allylic oxidation sites excluding steroid dienone is 1. The molecule has 3 rings (SSSR count). The smallest absolute Gasteiger partial charge is 0.240 e. The zero-order valence-electron chi connectivity index (χ0n) is 13.9. The van der Waals surface area contributed by atoms with Crippen molar-refractivity contribution in [3.05, 3.63) is 57.3 Å². The molecule has 0 spiro atoms. The molecule has 5 nitrogen and oxygen atoms in total. The van der Waals surface area contributed by atoms with Crippen molar-refractivity contribution in [2.24, 2.45) is 0 Å². The topological polar surface area (TPSA) is 72.5 Å². The van der Waals surface area contributed by atoms with Gasteiger partial charge in [0.05, 0.1) is 15.3 Å². The van der Waals surface area contributed by atoms with Gasteiger partial charge in [-0.05, 0) is 61.4 Å². The van der Waals surface area contributed by atoms with Crippen LogP contribution in [0.4, 0.5) is 0 Å². The Hall–Kier alpha value is -1.51. The number of thiophene rings is 1. The third kappa shape index (κ3) is 5.02. The Kier molecular flexibility index (Phi) is 6.26. The Bertz CT molecular complexity index is 898. The molecule has 1 aliphatic rings. The van der Waals surface area contributed by atoms with Crippen LogP contribution in [0.3, 0.4) is 0 Å². The van der Waals surface area contributed by atoms with E-state index in [1.165, 1.54) is 41.7 Å². The minimum atomic E-state index is -3.62. The third-order valence-corrected chi connectivity index (χ3v) is 6.60. The Labute approximate surface area is 161 Å². The first-order valence-corrected chi connectivity index (χ1v) is 10.8. The van der Waals surface area contributed by atoms with Crippen molar-refractivity contribution in [2.75, 3.05) is 13.2 Å². The summed E-state index contributed by atoms with van der Waals surface area (Å²) in [4.78, 5) is 13.2. The highest BCUT2D eigenvalue weighted by Gasteiger charge is 2.20. The SMILES string of the molecule is O=C(/C=C\c1ccc(Cl)s1)c1ccc(S(=O)(=O)NC[C@H]2CCCO2)cc1. The van der Waals surface area contributed by atoms with E-state index in [4.69, 9.17) is 16.3 Å². The molecule has 138 valence electrons. The first kappa shape index (κ1) is 19.3. The van der Waals surface area contributed by atoms with Crippen molar-refractivity contribution >= 4 is 44.8 Å². The average molecular weight is 412 g/mol. The molecule has 2 aromatic rings. The quantitative estimate of drug-likeness (QED) is 0.556. The van der Waals surface area contributed by atoms with E-state index in [-0.39, 0.29) is 23.3 Å². The van der Waals surface area contributed by atoms with Crippen molar-refractivity contribution in [3.8, 4) is 0 Å². The summed E-state index contributed by atoms with van der Waals surface area (Å²) in [5, 5.41) is 0. The summed E-state index contributed by atoms with van der Waals surface area (Å²) < 4.78 is 33.2. The van der Waals surface area contributed by atoms with Gasteiger partial charge in [0.15, 0.2) is 5.78 Å². The first-order valence-electron chi connectivity index (χ1n) is 8.13. The zero-order chi connectivity index (χ0) is 18.6. The van der Waals surface area contributed by atoms with Gasteiger partial charge >= 0.3 is 0 Å². The molecule has 0 amide bonds. The van der Waals surface area contributed by atoms with Gasteiger partial charge in [-0.2, -0.15) is 0 Å². The fraction of sp³-hybridized carbons (Fsp3) is 0.278. The van der Waals surface area contributed by atoms with Gasteiger partial charge in [0.25, 0.3) is 0 Å². The number of benzene rings is 1. The van der Waals surface area contributed by atoms with E-state index in [9.17, 15) is 13.2 Å². The summed E-state index contributed by atoms with van der Waals surface area (Å²) in [6.45, 7) is 0.934. The highest BCUT2D eigenvalue weighted by Crippen LogP contribution is 2.22. The summed E-state index contributed by atoms with van der Waals surface area (Å²) in [6.07, 6.45) is 4.88. The molecule has 1 saturated heterocycles. The third-order valence-electron chi connectivity index (χ3n) is 3.97. The summed E-state index contributed by atoms with van der Waals surface area (Å²) in [5.41, 5.74) is 0.418. The second-order valence-electron chi connectivity index (χ2n) is 5.85. The average Bonchev–Trinajstić information content (AvgIpc) is 3.30.